The summed E-state index contributed by atoms with van der Waals surface area (Å²) in [4.78, 5) is 24.8. The molecule has 2 aromatic heterocycles. The van der Waals surface area contributed by atoms with Gasteiger partial charge in [0.2, 0.25) is 17.7 Å². The maximum absolute atomic E-state index is 12.2. The van der Waals surface area contributed by atoms with Gasteiger partial charge in [0.1, 0.15) is 6.04 Å². The van der Waals surface area contributed by atoms with E-state index in [-0.39, 0.29) is 17.7 Å². The summed E-state index contributed by atoms with van der Waals surface area (Å²) in [6.45, 7) is 5.87. The van der Waals surface area contributed by atoms with Crippen molar-refractivity contribution in [3.05, 3.63) is 34.2 Å². The highest BCUT2D eigenvalue weighted by Gasteiger charge is 2.21. The van der Waals surface area contributed by atoms with Gasteiger partial charge in [-0.3, -0.25) is 9.59 Å². The minimum Gasteiger partial charge on any atom is -0.423 e. The summed E-state index contributed by atoms with van der Waals surface area (Å²) >= 11 is 1.43. The van der Waals surface area contributed by atoms with E-state index in [0.717, 1.165) is 11.3 Å². The zero-order chi connectivity index (χ0) is 17.5. The van der Waals surface area contributed by atoms with Gasteiger partial charge in [-0.15, -0.1) is 21.5 Å². The van der Waals surface area contributed by atoms with E-state index in [1.807, 2.05) is 17.5 Å². The number of thiophene rings is 1. The predicted molar refractivity (Wildman–Crippen MR) is 91.9 cm³/mol. The van der Waals surface area contributed by atoms with Crippen molar-refractivity contribution in [1.29, 1.82) is 0 Å². The van der Waals surface area contributed by atoms with Crippen molar-refractivity contribution in [3.63, 3.8) is 0 Å². The topological polar surface area (TPSA) is 85.1 Å². The van der Waals surface area contributed by atoms with Crippen molar-refractivity contribution in [3.8, 4) is 0 Å². The van der Waals surface area contributed by atoms with Crippen molar-refractivity contribution >= 4 is 23.0 Å². The van der Waals surface area contributed by atoms with Crippen LogP contribution in [0.1, 0.15) is 67.0 Å². The summed E-state index contributed by atoms with van der Waals surface area (Å²) in [5.41, 5.74) is 0. The van der Waals surface area contributed by atoms with E-state index in [1.54, 1.807) is 6.92 Å². The fraction of sp³-hybridized carbons (Fsp3) is 0.529. The number of Topliss-reactive ketones (excluding diaryl/α,β-unsaturated/α-hetero) is 1. The highest BCUT2D eigenvalue weighted by Crippen LogP contribution is 2.20. The fourth-order valence-electron chi connectivity index (χ4n) is 2.38. The number of amides is 1. The van der Waals surface area contributed by atoms with E-state index in [4.69, 9.17) is 4.42 Å². The Morgan fingerprint density at radius 3 is 2.67 bits per heavy atom. The van der Waals surface area contributed by atoms with Crippen molar-refractivity contribution in [2.45, 2.75) is 52.5 Å². The van der Waals surface area contributed by atoms with Crippen LogP contribution in [-0.2, 0) is 4.79 Å². The molecule has 0 aliphatic heterocycles. The van der Waals surface area contributed by atoms with Crippen LogP contribution in [0.3, 0.4) is 0 Å². The predicted octanol–water partition coefficient (Wildman–Crippen LogP) is 3.70. The summed E-state index contributed by atoms with van der Waals surface area (Å²) in [5.74, 6) is 1.28. The zero-order valence-corrected chi connectivity index (χ0v) is 15.1. The highest BCUT2D eigenvalue weighted by molar-refractivity contribution is 7.12. The number of nitrogens with zero attached hydrogens (tertiary/aromatic N) is 2. The number of rotatable bonds is 9. The largest absolute Gasteiger partial charge is 0.423 e. The molecule has 2 rings (SSSR count). The third-order valence-corrected chi connectivity index (χ3v) is 4.40. The molecule has 2 heterocycles. The second-order valence-corrected chi connectivity index (χ2v) is 7.11. The Kier molecular flexibility index (Phi) is 6.66. The number of hydrogen-bond donors (Lipinski definition) is 1. The van der Waals surface area contributed by atoms with E-state index in [2.05, 4.69) is 29.4 Å². The van der Waals surface area contributed by atoms with Gasteiger partial charge in [0.25, 0.3) is 0 Å². The third kappa shape index (κ3) is 5.56. The van der Waals surface area contributed by atoms with Gasteiger partial charge in [0.05, 0.1) is 4.88 Å². The van der Waals surface area contributed by atoms with Crippen LogP contribution >= 0.6 is 11.3 Å². The van der Waals surface area contributed by atoms with Crippen molar-refractivity contribution in [1.82, 2.24) is 15.5 Å². The summed E-state index contributed by atoms with van der Waals surface area (Å²) in [6, 6.07) is 3.38. The molecule has 0 spiro atoms. The molecule has 1 atom stereocenters. The Labute approximate surface area is 145 Å². The van der Waals surface area contributed by atoms with Crippen molar-refractivity contribution in [2.75, 3.05) is 0 Å². The first-order valence-corrected chi connectivity index (χ1v) is 8.99. The first-order chi connectivity index (χ1) is 11.5. The number of aromatic nitrogens is 2. The molecule has 0 saturated heterocycles. The van der Waals surface area contributed by atoms with Crippen LogP contribution in [0.2, 0.25) is 0 Å². The van der Waals surface area contributed by atoms with Gasteiger partial charge in [-0.1, -0.05) is 19.9 Å². The molecule has 0 aliphatic rings. The number of aryl methyl sites for hydroxylation is 1. The number of ketones is 1. The maximum Gasteiger partial charge on any atom is 0.238 e. The van der Waals surface area contributed by atoms with Crippen molar-refractivity contribution < 1.29 is 14.0 Å². The Morgan fingerprint density at radius 1 is 1.29 bits per heavy atom. The molecule has 0 aromatic carbocycles. The molecular weight excluding hydrogens is 326 g/mol. The van der Waals surface area contributed by atoms with Crippen LogP contribution in [0, 0.1) is 12.8 Å². The molecule has 2 aromatic rings. The number of nitrogens with one attached hydrogen (secondary N) is 1. The molecule has 24 heavy (non-hydrogen) atoms. The van der Waals surface area contributed by atoms with E-state index >= 15 is 0 Å². The molecule has 1 amide bonds. The lowest BCUT2D eigenvalue weighted by Crippen LogP contribution is -2.29. The molecule has 0 radical (unpaired) electrons. The molecular formula is C17H23N3O3S. The monoisotopic (exact) mass is 349 g/mol. The average molecular weight is 349 g/mol. The van der Waals surface area contributed by atoms with Crippen LogP contribution in [0.25, 0.3) is 0 Å². The second kappa shape index (κ2) is 8.73. The summed E-state index contributed by atoms with van der Waals surface area (Å²) < 4.78 is 5.45. The molecule has 6 nitrogen and oxygen atoms in total. The van der Waals surface area contributed by atoms with Gasteiger partial charge in [-0.25, -0.2) is 0 Å². The van der Waals surface area contributed by atoms with Crippen LogP contribution in [0.5, 0.6) is 0 Å². The summed E-state index contributed by atoms with van der Waals surface area (Å²) in [5, 5.41) is 12.7. The standard InChI is InChI=1S/C17H23N3O3S/c1-11(2)10-13(17-20-19-12(3)23-17)18-16(22)8-4-6-14(21)15-7-5-9-24-15/h5,7,9,11,13H,4,6,8,10H2,1-3H3,(H,18,22). The zero-order valence-electron chi connectivity index (χ0n) is 14.2. The smallest absolute Gasteiger partial charge is 0.238 e. The maximum atomic E-state index is 12.2. The second-order valence-electron chi connectivity index (χ2n) is 6.16. The van der Waals surface area contributed by atoms with Gasteiger partial charge in [0, 0.05) is 19.8 Å². The molecule has 1 N–H and O–H groups in total. The Morgan fingerprint density at radius 2 is 2.08 bits per heavy atom. The normalized spacial score (nSPS) is 12.3. The fourth-order valence-corrected chi connectivity index (χ4v) is 3.08. The summed E-state index contributed by atoms with van der Waals surface area (Å²) in [6.07, 6.45) is 1.93. The van der Waals surface area contributed by atoms with Gasteiger partial charge >= 0.3 is 0 Å². The lowest BCUT2D eigenvalue weighted by molar-refractivity contribution is -0.122. The van der Waals surface area contributed by atoms with E-state index in [9.17, 15) is 9.59 Å². The molecule has 0 bridgehead atoms. The van der Waals surface area contributed by atoms with E-state index in [1.165, 1.54) is 11.3 Å². The lowest BCUT2D eigenvalue weighted by Gasteiger charge is -2.17. The van der Waals surface area contributed by atoms with Gasteiger partial charge in [0.15, 0.2) is 5.78 Å². The van der Waals surface area contributed by atoms with E-state index in [0.29, 0.717) is 37.0 Å². The molecule has 0 saturated carbocycles. The van der Waals surface area contributed by atoms with Crippen molar-refractivity contribution in [2.24, 2.45) is 5.92 Å². The molecule has 130 valence electrons. The highest BCUT2D eigenvalue weighted by atomic mass is 32.1. The Balaban J connectivity index is 1.83. The van der Waals surface area contributed by atoms with Crippen LogP contribution in [0.15, 0.2) is 21.9 Å². The first kappa shape index (κ1) is 18.3. The number of carbonyl (C=O) groups excluding carboxylic acids is 2. The van der Waals surface area contributed by atoms with Gasteiger partial charge < -0.3 is 9.73 Å². The SMILES string of the molecule is Cc1nnc(C(CC(C)C)NC(=O)CCCC(=O)c2cccs2)o1. The summed E-state index contributed by atoms with van der Waals surface area (Å²) in [7, 11) is 0. The molecule has 0 fully saturated rings. The lowest BCUT2D eigenvalue weighted by atomic mass is 10.0. The average Bonchev–Trinajstić information content (AvgIpc) is 3.17. The minimum absolute atomic E-state index is 0.0871. The molecule has 0 aliphatic carbocycles. The first-order valence-electron chi connectivity index (χ1n) is 8.11. The van der Waals surface area contributed by atoms with Crippen LogP contribution < -0.4 is 5.32 Å². The van der Waals surface area contributed by atoms with Gasteiger partial charge in [-0.2, -0.15) is 0 Å². The molecule has 1 unspecified atom stereocenters. The Bertz CT molecular complexity index is 664. The Hall–Kier alpha value is -2.02. The molecule has 7 heteroatoms. The quantitative estimate of drug-likeness (QED) is 0.698. The minimum atomic E-state index is -0.285. The third-order valence-electron chi connectivity index (χ3n) is 3.49. The van der Waals surface area contributed by atoms with Crippen LogP contribution in [-0.4, -0.2) is 21.9 Å². The van der Waals surface area contributed by atoms with Gasteiger partial charge in [-0.05, 0) is 30.2 Å². The number of carbonyl (C=O) groups is 2. The van der Waals surface area contributed by atoms with Crippen LogP contribution in [0.4, 0.5) is 0 Å². The number of hydrogen-bond acceptors (Lipinski definition) is 6. The van der Waals surface area contributed by atoms with E-state index < -0.39 is 0 Å².